The molecule has 1 aliphatic rings. The molecule has 0 bridgehead atoms. The lowest BCUT2D eigenvalue weighted by molar-refractivity contribution is -0.384. The summed E-state index contributed by atoms with van der Waals surface area (Å²) in [6, 6.07) is 8.46. The van der Waals surface area contributed by atoms with Crippen LogP contribution < -0.4 is 10.6 Å². The number of nitrogens with zero attached hydrogens (tertiary/aromatic N) is 3. The molecular weight excluding hydrogens is 385 g/mol. The maximum atomic E-state index is 12.9. The molecule has 2 N–H and O–H groups in total. The van der Waals surface area contributed by atoms with Crippen molar-refractivity contribution in [1.82, 2.24) is 4.90 Å². The van der Waals surface area contributed by atoms with Crippen LogP contribution in [0.15, 0.2) is 36.4 Å². The first-order valence-electron chi connectivity index (χ1n) is 9.33. The maximum Gasteiger partial charge on any atom is 0.416 e. The molecule has 2 aromatic rings. The third-order valence-corrected chi connectivity index (χ3v) is 5.15. The van der Waals surface area contributed by atoms with Crippen molar-refractivity contribution in [3.05, 3.63) is 63.2 Å². The Bertz CT molecular complexity index is 902. The molecule has 1 saturated heterocycles. The molecule has 0 radical (unpaired) electrons. The summed E-state index contributed by atoms with van der Waals surface area (Å²) in [4.78, 5) is 15.1. The molecule has 6 nitrogen and oxygen atoms in total. The lowest BCUT2D eigenvalue weighted by Gasteiger charge is -2.24. The summed E-state index contributed by atoms with van der Waals surface area (Å²) in [5, 5.41) is 11.5. The summed E-state index contributed by atoms with van der Waals surface area (Å²) >= 11 is 0. The molecule has 1 aliphatic heterocycles. The van der Waals surface area contributed by atoms with Gasteiger partial charge in [-0.3, -0.25) is 15.0 Å². The van der Waals surface area contributed by atoms with Crippen molar-refractivity contribution < 1.29 is 18.1 Å². The van der Waals surface area contributed by atoms with Crippen LogP contribution in [0.1, 0.15) is 23.1 Å². The molecule has 0 amide bonds. The average Bonchev–Trinajstić information content (AvgIpc) is 2.88. The SMILES string of the molecule is Cc1cc([N+](=O)[O-])c(N2CCCN(Cc3cccc(C(F)(F)F)c3)CC2)cc1N. The predicted octanol–water partition coefficient (Wildman–Crippen LogP) is 4.22. The van der Waals surface area contributed by atoms with Crippen LogP contribution >= 0.6 is 0 Å². The van der Waals surface area contributed by atoms with Crippen molar-refractivity contribution in [1.29, 1.82) is 0 Å². The van der Waals surface area contributed by atoms with Gasteiger partial charge in [-0.1, -0.05) is 18.2 Å². The third-order valence-electron chi connectivity index (χ3n) is 5.15. The van der Waals surface area contributed by atoms with Crippen LogP contribution in [-0.2, 0) is 12.7 Å². The van der Waals surface area contributed by atoms with Gasteiger partial charge >= 0.3 is 6.18 Å². The van der Waals surface area contributed by atoms with E-state index in [2.05, 4.69) is 4.90 Å². The molecule has 2 aromatic carbocycles. The largest absolute Gasteiger partial charge is 0.416 e. The molecule has 0 aliphatic carbocycles. The van der Waals surface area contributed by atoms with E-state index in [0.29, 0.717) is 55.2 Å². The third kappa shape index (κ3) is 4.97. The van der Waals surface area contributed by atoms with Crippen LogP contribution in [0.4, 0.5) is 30.2 Å². The van der Waals surface area contributed by atoms with Crippen molar-refractivity contribution in [3.63, 3.8) is 0 Å². The number of rotatable bonds is 4. The smallest absolute Gasteiger partial charge is 0.398 e. The van der Waals surface area contributed by atoms with E-state index >= 15 is 0 Å². The Hall–Kier alpha value is -2.81. The van der Waals surface area contributed by atoms with Gasteiger partial charge in [0.1, 0.15) is 5.69 Å². The van der Waals surface area contributed by atoms with Gasteiger partial charge in [0.05, 0.1) is 10.5 Å². The van der Waals surface area contributed by atoms with E-state index in [-0.39, 0.29) is 5.69 Å². The minimum Gasteiger partial charge on any atom is -0.398 e. The molecule has 0 spiro atoms. The lowest BCUT2D eigenvalue weighted by atomic mass is 10.1. The number of anilines is 2. The van der Waals surface area contributed by atoms with Crippen LogP contribution in [0.25, 0.3) is 0 Å². The molecule has 3 rings (SSSR count). The monoisotopic (exact) mass is 408 g/mol. The number of nitrogens with two attached hydrogens (primary N) is 1. The number of nitro benzene ring substituents is 1. The van der Waals surface area contributed by atoms with Gasteiger partial charge in [0.25, 0.3) is 5.69 Å². The fraction of sp³-hybridized carbons (Fsp3) is 0.400. The number of halogens is 3. The zero-order chi connectivity index (χ0) is 21.2. The van der Waals surface area contributed by atoms with Crippen LogP contribution in [-0.4, -0.2) is 36.0 Å². The number of alkyl halides is 3. The van der Waals surface area contributed by atoms with Crippen molar-refractivity contribution >= 4 is 17.1 Å². The number of aryl methyl sites for hydroxylation is 1. The first kappa shape index (κ1) is 20.9. The number of nitro groups is 1. The highest BCUT2D eigenvalue weighted by molar-refractivity contribution is 5.71. The quantitative estimate of drug-likeness (QED) is 0.466. The Kier molecular flexibility index (Phi) is 5.97. The Morgan fingerprint density at radius 2 is 1.90 bits per heavy atom. The zero-order valence-corrected chi connectivity index (χ0v) is 16.1. The summed E-state index contributed by atoms with van der Waals surface area (Å²) < 4.78 is 38.8. The Labute approximate surface area is 166 Å². The summed E-state index contributed by atoms with van der Waals surface area (Å²) in [5.74, 6) is 0. The maximum absolute atomic E-state index is 12.9. The molecule has 1 fully saturated rings. The molecule has 0 aromatic heterocycles. The highest BCUT2D eigenvalue weighted by Crippen LogP contribution is 2.33. The van der Waals surface area contributed by atoms with Gasteiger partial charge in [-0.15, -0.1) is 0 Å². The van der Waals surface area contributed by atoms with Gasteiger partial charge in [0.2, 0.25) is 0 Å². The van der Waals surface area contributed by atoms with E-state index in [4.69, 9.17) is 5.73 Å². The number of hydrogen-bond acceptors (Lipinski definition) is 5. The van der Waals surface area contributed by atoms with Crippen molar-refractivity contribution in [2.24, 2.45) is 0 Å². The van der Waals surface area contributed by atoms with E-state index in [0.717, 1.165) is 12.5 Å². The van der Waals surface area contributed by atoms with E-state index in [9.17, 15) is 23.3 Å². The van der Waals surface area contributed by atoms with Gasteiger partial charge < -0.3 is 10.6 Å². The summed E-state index contributed by atoms with van der Waals surface area (Å²) in [5.41, 5.74) is 7.56. The standard InChI is InChI=1S/C20H23F3N4O2/c1-14-10-19(27(28)29)18(12-17(14)24)26-7-3-6-25(8-9-26)13-15-4-2-5-16(11-15)20(21,22)23/h2,4-5,10-12H,3,6-9,13,24H2,1H3. The Morgan fingerprint density at radius 3 is 2.59 bits per heavy atom. The number of hydrogen-bond donors (Lipinski definition) is 1. The van der Waals surface area contributed by atoms with Gasteiger partial charge in [-0.05, 0) is 36.6 Å². The lowest BCUT2D eigenvalue weighted by Crippen LogP contribution is -2.31. The van der Waals surface area contributed by atoms with E-state index < -0.39 is 16.7 Å². The number of nitrogen functional groups attached to an aromatic ring is 1. The Morgan fingerprint density at radius 1 is 1.14 bits per heavy atom. The minimum atomic E-state index is -4.37. The summed E-state index contributed by atoms with van der Waals surface area (Å²) in [6.07, 6.45) is -3.63. The van der Waals surface area contributed by atoms with Crippen molar-refractivity contribution in [2.75, 3.05) is 36.8 Å². The summed E-state index contributed by atoms with van der Waals surface area (Å²) in [6.45, 7) is 4.55. The normalized spacial score (nSPS) is 15.9. The van der Waals surface area contributed by atoms with Crippen molar-refractivity contribution in [2.45, 2.75) is 26.1 Å². The molecule has 29 heavy (non-hydrogen) atoms. The highest BCUT2D eigenvalue weighted by atomic mass is 19.4. The van der Waals surface area contributed by atoms with Gasteiger partial charge in [-0.2, -0.15) is 13.2 Å². The van der Waals surface area contributed by atoms with Gasteiger partial charge in [-0.25, -0.2) is 0 Å². The molecule has 0 saturated carbocycles. The summed E-state index contributed by atoms with van der Waals surface area (Å²) in [7, 11) is 0. The fourth-order valence-electron chi connectivity index (χ4n) is 3.57. The van der Waals surface area contributed by atoms with Crippen LogP contribution in [0, 0.1) is 17.0 Å². The molecule has 0 atom stereocenters. The van der Waals surface area contributed by atoms with Gasteiger partial charge in [0, 0.05) is 44.5 Å². The second kappa shape index (κ2) is 8.28. The molecule has 156 valence electrons. The molecule has 0 unspecified atom stereocenters. The van der Waals surface area contributed by atoms with E-state index in [1.54, 1.807) is 19.1 Å². The first-order chi connectivity index (χ1) is 13.6. The van der Waals surface area contributed by atoms with E-state index in [1.165, 1.54) is 18.2 Å². The minimum absolute atomic E-state index is 0.0167. The average molecular weight is 408 g/mol. The second-order valence-electron chi connectivity index (χ2n) is 7.27. The fourth-order valence-corrected chi connectivity index (χ4v) is 3.57. The van der Waals surface area contributed by atoms with Gasteiger partial charge in [0.15, 0.2) is 0 Å². The second-order valence-corrected chi connectivity index (χ2v) is 7.27. The highest BCUT2D eigenvalue weighted by Gasteiger charge is 2.30. The molecule has 9 heteroatoms. The Balaban J connectivity index is 1.73. The molecule has 1 heterocycles. The predicted molar refractivity (Wildman–Crippen MR) is 106 cm³/mol. The number of benzene rings is 2. The molecular formula is C20H23F3N4O2. The first-order valence-corrected chi connectivity index (χ1v) is 9.33. The van der Waals surface area contributed by atoms with E-state index in [1.807, 2.05) is 4.90 Å². The van der Waals surface area contributed by atoms with Crippen molar-refractivity contribution in [3.8, 4) is 0 Å². The van der Waals surface area contributed by atoms with Crippen LogP contribution in [0.5, 0.6) is 0 Å². The van der Waals surface area contributed by atoms with Crippen LogP contribution in [0.3, 0.4) is 0 Å². The van der Waals surface area contributed by atoms with Crippen LogP contribution in [0.2, 0.25) is 0 Å². The topological polar surface area (TPSA) is 75.6 Å². The zero-order valence-electron chi connectivity index (χ0n) is 16.1.